The topological polar surface area (TPSA) is 127 Å². The molecule has 0 saturated heterocycles. The molecular formula is C34H35N5O7. The van der Waals surface area contributed by atoms with Gasteiger partial charge in [0.1, 0.15) is 31.8 Å². The number of ether oxygens (including phenoxy) is 5. The van der Waals surface area contributed by atoms with Crippen LogP contribution in [0.15, 0.2) is 91.3 Å². The first-order valence-corrected chi connectivity index (χ1v) is 14.6. The molecule has 3 aromatic carbocycles. The van der Waals surface area contributed by atoms with Crippen molar-refractivity contribution in [3.8, 4) is 11.6 Å². The molecule has 2 heterocycles. The summed E-state index contributed by atoms with van der Waals surface area (Å²) >= 11 is 0. The minimum atomic E-state index is -0.718. The van der Waals surface area contributed by atoms with Gasteiger partial charge in [-0.25, -0.2) is 4.98 Å². The van der Waals surface area contributed by atoms with Gasteiger partial charge in [-0.05, 0) is 35.4 Å². The van der Waals surface area contributed by atoms with Gasteiger partial charge in [-0.1, -0.05) is 60.7 Å². The number of methoxy groups -OCH3 is 2. The van der Waals surface area contributed by atoms with Gasteiger partial charge in [0.15, 0.2) is 11.2 Å². The van der Waals surface area contributed by atoms with Gasteiger partial charge in [-0.3, -0.25) is 19.1 Å². The van der Waals surface area contributed by atoms with Gasteiger partial charge in [0.2, 0.25) is 11.8 Å². The van der Waals surface area contributed by atoms with E-state index in [1.807, 2.05) is 65.6 Å². The second-order valence-electron chi connectivity index (χ2n) is 10.2. The summed E-state index contributed by atoms with van der Waals surface area (Å²) in [6.07, 6.45) is 0.842. The molecule has 0 fully saturated rings. The highest BCUT2D eigenvalue weighted by Crippen LogP contribution is 2.39. The molecule has 5 aromatic rings. The number of aromatic nitrogens is 4. The highest BCUT2D eigenvalue weighted by Gasteiger charge is 2.29. The molecule has 0 aliphatic rings. The highest BCUT2D eigenvalue weighted by molar-refractivity contribution is 5.79. The summed E-state index contributed by atoms with van der Waals surface area (Å²) in [4.78, 5) is 39.3. The lowest BCUT2D eigenvalue weighted by Crippen LogP contribution is -2.29. The Hall–Kier alpha value is -5.49. The van der Waals surface area contributed by atoms with Crippen LogP contribution in [0, 0.1) is 0 Å². The molecule has 12 heteroatoms. The van der Waals surface area contributed by atoms with Crippen molar-refractivity contribution in [2.24, 2.45) is 0 Å². The van der Waals surface area contributed by atoms with Crippen molar-refractivity contribution in [3.63, 3.8) is 0 Å². The Morgan fingerprint density at radius 1 is 0.783 bits per heavy atom. The largest absolute Gasteiger partial charge is 0.497 e. The number of esters is 2. The zero-order valence-corrected chi connectivity index (χ0v) is 26.0. The van der Waals surface area contributed by atoms with Crippen LogP contribution >= 0.6 is 0 Å². The van der Waals surface area contributed by atoms with E-state index in [1.54, 1.807) is 18.0 Å². The van der Waals surface area contributed by atoms with E-state index in [-0.39, 0.29) is 31.9 Å². The fraction of sp³-hybridized carbons (Fsp3) is 0.265. The number of benzene rings is 3. The predicted molar refractivity (Wildman–Crippen MR) is 170 cm³/mol. The molecule has 0 saturated carbocycles. The molecule has 0 spiro atoms. The van der Waals surface area contributed by atoms with Gasteiger partial charge in [0.25, 0.3) is 0 Å². The predicted octanol–water partition coefficient (Wildman–Crippen LogP) is 5.24. The maximum Gasteiger partial charge on any atom is 0.302 e. The number of hydrogen-bond acceptors (Lipinski definition) is 11. The van der Waals surface area contributed by atoms with Crippen LogP contribution in [0.5, 0.6) is 11.6 Å². The second kappa shape index (κ2) is 15.0. The Morgan fingerprint density at radius 2 is 1.37 bits per heavy atom. The summed E-state index contributed by atoms with van der Waals surface area (Å²) in [7, 11) is 3.15. The van der Waals surface area contributed by atoms with Crippen LogP contribution in [0.25, 0.3) is 11.2 Å². The molecule has 0 N–H and O–H groups in total. The summed E-state index contributed by atoms with van der Waals surface area (Å²) in [5.41, 5.74) is 3.71. The third-order valence-electron chi connectivity index (χ3n) is 7.06. The first kappa shape index (κ1) is 31.9. The molecule has 0 unspecified atom stereocenters. The minimum Gasteiger partial charge on any atom is -0.497 e. The molecule has 0 aliphatic carbocycles. The molecule has 0 atom stereocenters. The smallest absolute Gasteiger partial charge is 0.302 e. The fourth-order valence-corrected chi connectivity index (χ4v) is 4.89. The summed E-state index contributed by atoms with van der Waals surface area (Å²) in [5, 5.41) is 0. The van der Waals surface area contributed by atoms with Crippen LogP contribution in [0.4, 0.5) is 11.6 Å². The Morgan fingerprint density at radius 3 is 1.89 bits per heavy atom. The lowest BCUT2D eigenvalue weighted by Gasteiger charge is -2.33. The van der Waals surface area contributed by atoms with Crippen LogP contribution in [0.2, 0.25) is 0 Å². The minimum absolute atomic E-state index is 0.0351. The van der Waals surface area contributed by atoms with E-state index in [0.29, 0.717) is 22.9 Å². The number of carbonyl (C=O) groups excluding carboxylic acids is 2. The van der Waals surface area contributed by atoms with E-state index in [1.165, 1.54) is 21.0 Å². The second-order valence-corrected chi connectivity index (χ2v) is 10.2. The van der Waals surface area contributed by atoms with Crippen LogP contribution in [-0.4, -0.2) is 65.0 Å². The van der Waals surface area contributed by atoms with Gasteiger partial charge in [-0.2, -0.15) is 9.97 Å². The first-order chi connectivity index (χ1) is 22.4. The first-order valence-electron chi connectivity index (χ1n) is 14.6. The number of anilines is 2. The van der Waals surface area contributed by atoms with E-state index in [9.17, 15) is 9.59 Å². The Bertz CT molecular complexity index is 1690. The molecule has 46 heavy (non-hydrogen) atoms. The molecule has 2 aromatic heterocycles. The van der Waals surface area contributed by atoms with Crippen molar-refractivity contribution < 1.29 is 33.3 Å². The molecule has 5 rings (SSSR count). The van der Waals surface area contributed by atoms with Crippen LogP contribution in [0.3, 0.4) is 0 Å². The fourth-order valence-electron chi connectivity index (χ4n) is 4.89. The molecule has 0 amide bonds. The van der Waals surface area contributed by atoms with Gasteiger partial charge in [0, 0.05) is 19.5 Å². The molecule has 0 radical (unpaired) electrons. The monoisotopic (exact) mass is 625 g/mol. The van der Waals surface area contributed by atoms with Crippen molar-refractivity contribution in [2.45, 2.75) is 32.7 Å². The average Bonchev–Trinajstić information content (AvgIpc) is 3.50. The number of rotatable bonds is 14. The van der Waals surface area contributed by atoms with Crippen molar-refractivity contribution in [2.75, 3.05) is 32.3 Å². The number of imidazole rings is 1. The van der Waals surface area contributed by atoms with Gasteiger partial charge >= 0.3 is 11.9 Å². The highest BCUT2D eigenvalue weighted by atomic mass is 16.6. The van der Waals surface area contributed by atoms with Gasteiger partial charge in [-0.15, -0.1) is 0 Å². The van der Waals surface area contributed by atoms with Crippen molar-refractivity contribution in [1.82, 2.24) is 19.5 Å². The van der Waals surface area contributed by atoms with E-state index >= 15 is 0 Å². The van der Waals surface area contributed by atoms with Crippen LogP contribution in [0.1, 0.15) is 31.0 Å². The van der Waals surface area contributed by atoms with E-state index in [4.69, 9.17) is 33.7 Å². The maximum absolute atomic E-state index is 11.4. The van der Waals surface area contributed by atoms with E-state index in [0.717, 1.165) is 16.8 Å². The Kier molecular flexibility index (Phi) is 10.4. The number of nitrogens with zero attached hydrogens (tertiary/aromatic N) is 5. The maximum atomic E-state index is 11.4. The zero-order valence-electron chi connectivity index (χ0n) is 26.0. The number of carbonyl (C=O) groups is 2. The van der Waals surface area contributed by atoms with Gasteiger partial charge < -0.3 is 23.7 Å². The average molecular weight is 626 g/mol. The van der Waals surface area contributed by atoms with Crippen molar-refractivity contribution in [1.29, 1.82) is 0 Å². The third kappa shape index (κ3) is 7.59. The quantitative estimate of drug-likeness (QED) is 0.150. The standard InChI is InChI=1S/C34H35N5O7/c1-23(40)44-19-29(20-45-24(2)41)46-22-38-21-35-30-32(38)36-34(37-33(30)43-4)39(27-15-17-28(42-3)18-16-27)31(25-11-7-5-8-12-25)26-13-9-6-10-14-26/h5-18,21,29,31H,19-20,22H2,1-4H3. The van der Waals surface area contributed by atoms with E-state index in [2.05, 4.69) is 29.2 Å². The normalized spacial score (nSPS) is 11.1. The van der Waals surface area contributed by atoms with Crippen molar-refractivity contribution >= 4 is 34.7 Å². The Balaban J connectivity index is 1.61. The molecule has 238 valence electrons. The summed E-state index contributed by atoms with van der Waals surface area (Å²) < 4.78 is 29.1. The summed E-state index contributed by atoms with van der Waals surface area (Å²) in [6, 6.07) is 27.5. The molecule has 0 aliphatic heterocycles. The van der Waals surface area contributed by atoms with Gasteiger partial charge in [0.05, 0.1) is 26.6 Å². The zero-order chi connectivity index (χ0) is 32.5. The SMILES string of the molecule is COc1ccc(N(c2nc(OC)c3ncn(COC(COC(C)=O)COC(C)=O)c3n2)C(c2ccccc2)c2ccccc2)cc1. The molecule has 0 bridgehead atoms. The summed E-state index contributed by atoms with van der Waals surface area (Å²) in [5.74, 6) is 0.382. The third-order valence-corrected chi connectivity index (χ3v) is 7.06. The van der Waals surface area contributed by atoms with Crippen LogP contribution < -0.4 is 14.4 Å². The lowest BCUT2D eigenvalue weighted by atomic mass is 9.96. The number of hydrogen-bond donors (Lipinski definition) is 0. The van der Waals surface area contributed by atoms with E-state index < -0.39 is 18.0 Å². The summed E-state index contributed by atoms with van der Waals surface area (Å²) in [6.45, 7) is 2.36. The van der Waals surface area contributed by atoms with Crippen molar-refractivity contribution in [3.05, 3.63) is 102 Å². The molecule has 12 nitrogen and oxygen atoms in total. The number of fused-ring (bicyclic) bond motifs is 1. The Labute approximate surface area is 266 Å². The van der Waals surface area contributed by atoms with Crippen LogP contribution in [-0.2, 0) is 30.5 Å². The molecular weight excluding hydrogens is 590 g/mol. The lowest BCUT2D eigenvalue weighted by molar-refractivity contribution is -0.154.